The normalized spacial score (nSPS) is 33.8. The molecule has 16 atom stereocenters. The lowest BCUT2D eigenvalue weighted by molar-refractivity contribution is -0.345. The van der Waals surface area contributed by atoms with Gasteiger partial charge in [0, 0.05) is 78.6 Å². The van der Waals surface area contributed by atoms with E-state index in [1.54, 1.807) is 53.6 Å². The number of nitrogens with zero attached hydrogens (tertiary/aromatic N) is 3. The van der Waals surface area contributed by atoms with E-state index in [1.165, 1.54) is 33.8 Å². The largest absolute Gasteiger partial charge is 0.463 e. The molecule has 424 valence electrons. The molecule has 4 heterocycles. The van der Waals surface area contributed by atoms with E-state index in [0.717, 1.165) is 23.7 Å². The van der Waals surface area contributed by atoms with Crippen molar-refractivity contribution >= 4 is 34.8 Å². The van der Waals surface area contributed by atoms with Crippen molar-refractivity contribution in [3.05, 3.63) is 42.1 Å². The fourth-order valence-corrected chi connectivity index (χ4v) is 10.9. The van der Waals surface area contributed by atoms with Crippen LogP contribution >= 0.6 is 0 Å². The molecule has 0 unspecified atom stereocenters. The maximum Gasteiger partial charge on any atom is 0.309 e. The summed E-state index contributed by atoms with van der Waals surface area (Å²) >= 11 is 0. The van der Waals surface area contributed by atoms with Gasteiger partial charge in [-0.3, -0.25) is 24.2 Å². The topological polar surface area (TPSA) is 230 Å². The number of ether oxygens (including phenoxy) is 11. The maximum atomic E-state index is 14.0. The molecule has 1 aromatic heterocycles. The van der Waals surface area contributed by atoms with Gasteiger partial charge in [0.05, 0.1) is 42.4 Å². The summed E-state index contributed by atoms with van der Waals surface area (Å²) < 4.78 is 68.1. The molecule has 3 fully saturated rings. The van der Waals surface area contributed by atoms with Crippen LogP contribution in [0.3, 0.4) is 0 Å². The Morgan fingerprint density at radius 1 is 0.920 bits per heavy atom. The molecule has 2 aromatic rings. The molecule has 0 saturated carbocycles. The van der Waals surface area contributed by atoms with Crippen LogP contribution in [0.25, 0.3) is 10.9 Å². The second-order valence-corrected chi connectivity index (χ2v) is 20.9. The Morgan fingerprint density at radius 2 is 1.61 bits per heavy atom. The predicted octanol–water partition coefficient (Wildman–Crippen LogP) is 5.13. The van der Waals surface area contributed by atoms with Gasteiger partial charge >= 0.3 is 23.9 Å². The van der Waals surface area contributed by atoms with Gasteiger partial charge in [0.1, 0.15) is 30.5 Å². The van der Waals surface area contributed by atoms with Crippen molar-refractivity contribution in [3.8, 4) is 0 Å². The minimum atomic E-state index is -1.42. The lowest BCUT2D eigenvalue weighted by atomic mass is 9.82. The molecule has 5 rings (SSSR count). The molecule has 0 spiro atoms. The number of carbonyl (C=O) groups excluding carboxylic acids is 4. The van der Waals surface area contributed by atoms with Crippen molar-refractivity contribution in [1.82, 2.24) is 14.8 Å². The highest BCUT2D eigenvalue weighted by Crippen LogP contribution is 2.40. The summed E-state index contributed by atoms with van der Waals surface area (Å²) in [6.45, 7) is 15.0. The highest BCUT2D eigenvalue weighted by Gasteiger charge is 2.55. The second kappa shape index (κ2) is 29.2. The van der Waals surface area contributed by atoms with Gasteiger partial charge in [-0.2, -0.15) is 0 Å². The number of aromatic nitrogens is 1. The molecule has 20 nitrogen and oxygen atoms in total. The van der Waals surface area contributed by atoms with Crippen LogP contribution < -0.4 is 0 Å². The maximum absolute atomic E-state index is 14.0. The van der Waals surface area contributed by atoms with Crippen molar-refractivity contribution in [2.24, 2.45) is 11.8 Å². The van der Waals surface area contributed by atoms with E-state index in [0.29, 0.717) is 32.5 Å². The van der Waals surface area contributed by atoms with Crippen molar-refractivity contribution in [2.75, 3.05) is 55.1 Å². The first-order valence-corrected chi connectivity index (χ1v) is 26.7. The SMILES string of the molecule is CCC(=O)O[C@@H]1CC(=O)O[C@H](C)CCN(CCCc2ccnc3ccccc23)C[C@H](O)[C@H](C)C[C@H](CC(OC)OC)[C@H](O[C@@H]2O[C@H](C)[C@@H](O[C@H]3C[C@@](C)(OC(C)=O)[C@@H](OC(=O)CC)[C@H](C)O3)[C@H](N(C)C)[C@H]2O)[C@H]1OC. The summed E-state index contributed by atoms with van der Waals surface area (Å²) in [5, 5.41) is 25.8. The number of benzene rings is 1. The average molecular weight is 1060 g/mol. The third-order valence-corrected chi connectivity index (χ3v) is 14.9. The number of likely N-dealkylation sites (N-methyl/N-ethyl adjacent to an activating group) is 1. The van der Waals surface area contributed by atoms with Gasteiger partial charge in [-0.1, -0.05) is 39.0 Å². The van der Waals surface area contributed by atoms with E-state index in [4.69, 9.17) is 52.1 Å². The van der Waals surface area contributed by atoms with Crippen LogP contribution in [0.1, 0.15) is 112 Å². The number of esters is 4. The van der Waals surface area contributed by atoms with Crippen LogP contribution in [0, 0.1) is 11.8 Å². The number of hydrogen-bond acceptors (Lipinski definition) is 20. The molecule has 0 radical (unpaired) electrons. The summed E-state index contributed by atoms with van der Waals surface area (Å²) in [6, 6.07) is 9.29. The van der Waals surface area contributed by atoms with E-state index < -0.39 is 121 Å². The molecule has 1 aromatic carbocycles. The van der Waals surface area contributed by atoms with Gasteiger partial charge in [-0.15, -0.1) is 0 Å². The zero-order valence-electron chi connectivity index (χ0n) is 46.5. The molecule has 3 aliphatic rings. The molecule has 75 heavy (non-hydrogen) atoms. The summed E-state index contributed by atoms with van der Waals surface area (Å²) in [7, 11) is 8.01. The molecule has 0 aliphatic carbocycles. The van der Waals surface area contributed by atoms with Crippen molar-refractivity contribution in [2.45, 2.75) is 205 Å². The Labute approximate surface area is 443 Å². The highest BCUT2D eigenvalue weighted by atomic mass is 16.7. The van der Waals surface area contributed by atoms with Crippen LogP contribution in [-0.2, 0) is 77.7 Å². The van der Waals surface area contributed by atoms with Crippen LogP contribution in [-0.4, -0.2) is 195 Å². The zero-order chi connectivity index (χ0) is 55.1. The first-order valence-electron chi connectivity index (χ1n) is 26.7. The van der Waals surface area contributed by atoms with Crippen molar-refractivity contribution in [1.29, 1.82) is 0 Å². The Bertz CT molecular complexity index is 2110. The first kappa shape index (κ1) is 61.9. The number of rotatable bonds is 19. The molecule has 3 aliphatic heterocycles. The standard InChI is InChI=1S/C55H87N3O17/c1-14-43(61)71-42-29-45(63)68-33(4)23-26-58(25-18-19-37-22-24-56-40-21-17-16-20-39(37)40)31-41(60)32(3)27-38(28-46(65-11)66-12)51(52(42)67-13)74-54-49(64)48(57(9)10)50(34(5)70-54)73-47-30-55(8,75-36(7)59)53(35(6)69-47)72-44(62)15-2/h16-17,20-22,24,32-35,38,41-42,46-54,60,64H,14-15,18-19,23,25-31H2,1-13H3/t32-,33-,34-,35+,38-,41+,42-,47+,48-,49-,50-,51+,52+,53+,54+,55-/m1/s1. The summed E-state index contributed by atoms with van der Waals surface area (Å²) in [5.41, 5.74) is 0.792. The zero-order valence-corrected chi connectivity index (χ0v) is 46.5. The summed E-state index contributed by atoms with van der Waals surface area (Å²) in [4.78, 5) is 60.7. The quantitative estimate of drug-likeness (QED) is 0.106. The Hall–Kier alpha value is -3.93. The molecule has 20 heteroatoms. The summed E-state index contributed by atoms with van der Waals surface area (Å²) in [6.07, 6.45) is -8.71. The van der Waals surface area contributed by atoms with Gasteiger partial charge in [-0.25, -0.2) is 0 Å². The third-order valence-electron chi connectivity index (χ3n) is 14.9. The van der Waals surface area contributed by atoms with E-state index in [2.05, 4.69) is 16.0 Å². The Morgan fingerprint density at radius 3 is 2.27 bits per heavy atom. The number of aryl methyl sites for hydroxylation is 1. The number of cyclic esters (lactones) is 1. The smallest absolute Gasteiger partial charge is 0.309 e. The Balaban J connectivity index is 1.48. The van der Waals surface area contributed by atoms with Crippen molar-refractivity contribution in [3.63, 3.8) is 0 Å². The number of para-hydroxylation sites is 1. The van der Waals surface area contributed by atoms with E-state index in [9.17, 15) is 29.4 Å². The van der Waals surface area contributed by atoms with Gasteiger partial charge in [0.25, 0.3) is 0 Å². The fourth-order valence-electron chi connectivity index (χ4n) is 10.9. The molecular formula is C55H87N3O17. The number of hydrogen-bond donors (Lipinski definition) is 2. The molecule has 3 saturated heterocycles. The number of β-amino-alcohol motifs (C(OH)–C–C–N with tert-alkyl or cyclic N) is 1. The second-order valence-electron chi connectivity index (χ2n) is 20.9. The third kappa shape index (κ3) is 17.0. The van der Waals surface area contributed by atoms with Crippen LogP contribution in [0.4, 0.5) is 0 Å². The van der Waals surface area contributed by atoms with E-state index in [-0.39, 0.29) is 38.0 Å². The van der Waals surface area contributed by atoms with Gasteiger partial charge in [0.2, 0.25) is 0 Å². The number of carbonyl (C=O) groups is 4. The number of pyridine rings is 1. The van der Waals surface area contributed by atoms with Crippen LogP contribution in [0.5, 0.6) is 0 Å². The lowest BCUT2D eigenvalue weighted by Crippen LogP contribution is -2.66. The van der Waals surface area contributed by atoms with Gasteiger partial charge in [-0.05, 0) is 104 Å². The molecule has 0 amide bonds. The van der Waals surface area contributed by atoms with Gasteiger partial charge in [0.15, 0.2) is 30.6 Å². The van der Waals surface area contributed by atoms with Crippen LogP contribution in [0.15, 0.2) is 36.5 Å². The molecular weight excluding hydrogens is 975 g/mol. The number of fused-ring (bicyclic) bond motifs is 1. The Kier molecular flexibility index (Phi) is 24.1. The number of methoxy groups -OCH3 is 3. The van der Waals surface area contributed by atoms with Crippen molar-refractivity contribution < 1.29 is 81.5 Å². The number of aliphatic hydroxyl groups is 2. The average Bonchev–Trinajstić information content (AvgIpc) is 3.36. The molecule has 0 bridgehead atoms. The lowest BCUT2D eigenvalue weighted by Gasteiger charge is -2.51. The van der Waals surface area contributed by atoms with E-state index in [1.807, 2.05) is 44.3 Å². The van der Waals surface area contributed by atoms with Crippen LogP contribution in [0.2, 0.25) is 0 Å². The highest BCUT2D eigenvalue weighted by molar-refractivity contribution is 5.81. The monoisotopic (exact) mass is 1060 g/mol. The predicted molar refractivity (Wildman–Crippen MR) is 275 cm³/mol. The van der Waals surface area contributed by atoms with E-state index >= 15 is 0 Å². The van der Waals surface area contributed by atoms with Gasteiger partial charge < -0.3 is 72.1 Å². The summed E-state index contributed by atoms with van der Waals surface area (Å²) in [5.74, 6) is -3.26. The minimum absolute atomic E-state index is 0.00113. The fraction of sp³-hybridized carbons (Fsp3) is 0.764. The number of aliphatic hydroxyl groups excluding tert-OH is 2. The molecule has 2 N–H and O–H groups in total. The minimum Gasteiger partial charge on any atom is -0.463 e. The first-order chi connectivity index (χ1) is 35.6.